The van der Waals surface area contributed by atoms with Gasteiger partial charge in [-0.2, -0.15) is 0 Å². The van der Waals surface area contributed by atoms with Crippen molar-refractivity contribution in [3.05, 3.63) is 66.2 Å². The van der Waals surface area contributed by atoms with Gasteiger partial charge in [-0.1, -0.05) is 12.5 Å². The Kier molecular flexibility index (Phi) is 9.94. The van der Waals surface area contributed by atoms with E-state index in [1.165, 1.54) is 23.5 Å². The monoisotopic (exact) mass is 633 g/mol. The number of hydrogen-bond acceptors (Lipinski definition) is 9. The molecule has 0 spiro atoms. The van der Waals surface area contributed by atoms with Gasteiger partial charge in [0.15, 0.2) is 17.3 Å². The number of thiophene rings is 1. The van der Waals surface area contributed by atoms with Crippen molar-refractivity contribution in [2.75, 3.05) is 38.2 Å². The minimum absolute atomic E-state index is 0.0215. The maximum atomic E-state index is 15.0. The van der Waals surface area contributed by atoms with E-state index in [0.717, 1.165) is 78.1 Å². The first-order valence-corrected chi connectivity index (χ1v) is 16.1. The molecule has 45 heavy (non-hydrogen) atoms. The number of hydrogen-bond donors (Lipinski definition) is 3. The van der Waals surface area contributed by atoms with Gasteiger partial charge in [0.1, 0.15) is 12.4 Å². The number of aliphatic hydroxyl groups is 1. The highest BCUT2D eigenvalue weighted by atomic mass is 32.1. The highest BCUT2D eigenvalue weighted by Gasteiger charge is 2.21. The highest BCUT2D eigenvalue weighted by Crippen LogP contribution is 2.39. The van der Waals surface area contributed by atoms with Crippen molar-refractivity contribution in [2.24, 2.45) is 5.92 Å². The van der Waals surface area contributed by atoms with E-state index in [1.54, 1.807) is 18.3 Å². The minimum atomic E-state index is -0.604. The number of amides is 2. The van der Waals surface area contributed by atoms with Crippen LogP contribution in [0.1, 0.15) is 37.7 Å². The van der Waals surface area contributed by atoms with Crippen molar-refractivity contribution in [1.82, 2.24) is 20.2 Å². The first-order valence-electron chi connectivity index (χ1n) is 15.3. The smallest absolute Gasteiger partial charge is 0.319 e. The Morgan fingerprint density at radius 1 is 1.04 bits per heavy atom. The molecule has 2 aliphatic heterocycles. The number of benzene rings is 1. The average molecular weight is 634 g/mol. The van der Waals surface area contributed by atoms with Crippen LogP contribution in [-0.2, 0) is 16.1 Å². The molecule has 5 heterocycles. The molecule has 2 amide bonds. The Bertz CT molecular complexity index is 1640. The molecule has 236 valence electrons. The Morgan fingerprint density at radius 2 is 1.89 bits per heavy atom. The van der Waals surface area contributed by atoms with E-state index < -0.39 is 11.8 Å². The molecule has 1 aromatic carbocycles. The van der Waals surface area contributed by atoms with Crippen LogP contribution in [0.4, 0.5) is 14.9 Å². The number of fused-ring (bicyclic) bond motifs is 1. The number of nitrogens with one attached hydrogen (secondary N) is 2. The summed E-state index contributed by atoms with van der Waals surface area (Å²) in [7, 11) is 0. The predicted octanol–water partition coefficient (Wildman–Crippen LogP) is 5.75. The van der Waals surface area contributed by atoms with Crippen LogP contribution in [-0.4, -0.2) is 70.7 Å². The van der Waals surface area contributed by atoms with Crippen molar-refractivity contribution in [1.29, 1.82) is 0 Å². The van der Waals surface area contributed by atoms with Gasteiger partial charge in [0.2, 0.25) is 0 Å². The number of nitrogens with zero attached hydrogens (tertiary/aromatic N) is 3. The molecular weight excluding hydrogens is 597 g/mol. The summed E-state index contributed by atoms with van der Waals surface area (Å²) in [6, 6.07) is 11.6. The number of halogens is 1. The van der Waals surface area contributed by atoms with E-state index >= 15 is 0 Å². The molecule has 10 nitrogen and oxygen atoms in total. The summed E-state index contributed by atoms with van der Waals surface area (Å²) >= 11 is 1.48. The third-order valence-electron chi connectivity index (χ3n) is 8.16. The number of ketones is 1. The lowest BCUT2D eigenvalue weighted by atomic mass is 9.93. The number of ether oxygens (including phenoxy) is 2. The van der Waals surface area contributed by atoms with Crippen LogP contribution in [0.2, 0.25) is 0 Å². The van der Waals surface area contributed by atoms with E-state index in [0.29, 0.717) is 24.7 Å². The minimum Gasteiger partial charge on any atom is -0.453 e. The summed E-state index contributed by atoms with van der Waals surface area (Å²) < 4.78 is 26.8. The van der Waals surface area contributed by atoms with Gasteiger partial charge in [-0.15, -0.1) is 11.3 Å². The number of pyridine rings is 2. The lowest BCUT2D eigenvalue weighted by Crippen LogP contribution is -2.49. The number of aromatic nitrogens is 2. The van der Waals surface area contributed by atoms with Crippen molar-refractivity contribution in [2.45, 2.75) is 44.7 Å². The van der Waals surface area contributed by atoms with Crippen LogP contribution in [0.3, 0.4) is 0 Å². The summed E-state index contributed by atoms with van der Waals surface area (Å²) in [5, 5.41) is 14.6. The normalized spacial score (nSPS) is 18.0. The van der Waals surface area contributed by atoms with E-state index in [1.807, 2.05) is 18.3 Å². The van der Waals surface area contributed by atoms with E-state index in [9.17, 15) is 19.1 Å². The lowest BCUT2D eigenvalue weighted by Gasteiger charge is -2.26. The zero-order valence-electron chi connectivity index (χ0n) is 24.8. The van der Waals surface area contributed by atoms with E-state index in [-0.39, 0.29) is 30.1 Å². The molecule has 6 rings (SSSR count). The molecule has 2 saturated heterocycles. The Balaban J connectivity index is 1.09. The maximum Gasteiger partial charge on any atom is 0.319 e. The molecule has 1 unspecified atom stereocenters. The van der Waals surface area contributed by atoms with E-state index in [4.69, 9.17) is 14.5 Å². The van der Waals surface area contributed by atoms with E-state index in [2.05, 4.69) is 26.6 Å². The van der Waals surface area contributed by atoms with Crippen molar-refractivity contribution in [3.63, 3.8) is 0 Å². The largest absolute Gasteiger partial charge is 0.453 e. The van der Waals surface area contributed by atoms with Gasteiger partial charge >= 0.3 is 6.03 Å². The topological polar surface area (TPSA) is 126 Å². The molecular formula is C33H36FN5O5S. The fraction of sp³-hybridized carbons (Fsp3) is 0.394. The van der Waals surface area contributed by atoms with Gasteiger partial charge in [0.05, 0.1) is 40.0 Å². The maximum absolute atomic E-state index is 15.0. The van der Waals surface area contributed by atoms with Crippen molar-refractivity contribution >= 4 is 39.1 Å². The Morgan fingerprint density at radius 3 is 2.64 bits per heavy atom. The van der Waals surface area contributed by atoms with Crippen LogP contribution in [0.15, 0.2) is 54.9 Å². The van der Waals surface area contributed by atoms with Gasteiger partial charge in [-0.3, -0.25) is 19.7 Å². The number of anilines is 1. The van der Waals surface area contributed by atoms with Gasteiger partial charge in [0, 0.05) is 42.7 Å². The summed E-state index contributed by atoms with van der Waals surface area (Å²) in [6.45, 7) is 3.25. The van der Waals surface area contributed by atoms with Crippen LogP contribution in [0, 0.1) is 11.7 Å². The van der Waals surface area contributed by atoms with Crippen molar-refractivity contribution in [3.8, 4) is 22.1 Å². The third-order valence-corrected chi connectivity index (χ3v) is 9.32. The molecule has 3 N–H and O–H groups in total. The predicted molar refractivity (Wildman–Crippen MR) is 170 cm³/mol. The Labute approximate surface area is 264 Å². The number of Topliss-reactive ketones (excluding diaryl/α,β-unsaturated/α-hetero) is 1. The van der Waals surface area contributed by atoms with Crippen molar-refractivity contribution < 1.29 is 28.6 Å². The zero-order chi connectivity index (χ0) is 31.2. The summed E-state index contributed by atoms with van der Waals surface area (Å²) in [4.78, 5) is 36.6. The number of urea groups is 1. The standard InChI is InChI=1S/C33H36FN5O5S/c34-25-14-23(37-33(42)38-24-19-43-20-24)7-9-29(25)44-30-10-11-35-27-15-31(45-32(27)30)26-8-6-21(16-36-26)17-39-12-2-1-4-22(5-3-13-39)28(41)18-40/h6-11,14-16,22,24,40H,1-5,12-13,17-20H2,(H2,37,38,42). The van der Waals surface area contributed by atoms with Gasteiger partial charge in [0.25, 0.3) is 0 Å². The number of aliphatic hydroxyl groups excluding tert-OH is 1. The van der Waals surface area contributed by atoms with Crippen LogP contribution < -0.4 is 15.4 Å². The molecule has 1 atom stereocenters. The quantitative estimate of drug-likeness (QED) is 0.213. The second-order valence-electron chi connectivity index (χ2n) is 11.5. The Hall–Kier alpha value is -3.97. The third kappa shape index (κ3) is 7.82. The molecule has 2 aliphatic rings. The SMILES string of the molecule is O=C(Nc1ccc(Oc2ccnc3cc(-c4ccc(CN5CCCCC(C(=O)CO)CCC5)cn4)sc23)c(F)c1)NC1COC1. The van der Waals surface area contributed by atoms with Gasteiger partial charge in [-0.25, -0.2) is 9.18 Å². The molecule has 4 aromatic rings. The summed E-state index contributed by atoms with van der Waals surface area (Å²) in [6.07, 6.45) is 8.15. The second-order valence-corrected chi connectivity index (χ2v) is 12.6. The second kappa shape index (κ2) is 14.4. The van der Waals surface area contributed by atoms with Crippen LogP contribution >= 0.6 is 11.3 Å². The summed E-state index contributed by atoms with van der Waals surface area (Å²) in [5.74, 6) is -0.144. The number of rotatable bonds is 9. The first kappa shape index (κ1) is 31.0. The molecule has 2 fully saturated rings. The fourth-order valence-corrected chi connectivity index (χ4v) is 6.69. The average Bonchev–Trinajstić information content (AvgIpc) is 3.50. The van der Waals surface area contributed by atoms with Crippen LogP contribution in [0.25, 0.3) is 20.8 Å². The molecule has 0 aliphatic carbocycles. The molecule has 0 saturated carbocycles. The van der Waals surface area contributed by atoms with Gasteiger partial charge in [-0.05, 0) is 68.6 Å². The lowest BCUT2D eigenvalue weighted by molar-refractivity contribution is -0.126. The van der Waals surface area contributed by atoms with Gasteiger partial charge < -0.3 is 25.2 Å². The zero-order valence-corrected chi connectivity index (χ0v) is 25.7. The molecule has 0 radical (unpaired) electrons. The highest BCUT2D eigenvalue weighted by molar-refractivity contribution is 7.22. The first-order chi connectivity index (χ1) is 21.9. The van der Waals surface area contributed by atoms with Crippen LogP contribution in [0.5, 0.6) is 11.5 Å². The molecule has 12 heteroatoms. The number of carbonyl (C=O) groups is 2. The summed E-state index contributed by atoms with van der Waals surface area (Å²) in [5.41, 5.74) is 2.97. The fourth-order valence-electron chi connectivity index (χ4n) is 5.65. The number of carbonyl (C=O) groups excluding carboxylic acids is 2. The molecule has 3 aromatic heterocycles. The molecule has 0 bridgehead atoms.